The van der Waals surface area contributed by atoms with Crippen molar-refractivity contribution in [2.24, 2.45) is 5.10 Å². The van der Waals surface area contributed by atoms with Gasteiger partial charge in [0.25, 0.3) is 0 Å². The van der Waals surface area contributed by atoms with Crippen LogP contribution in [0.4, 0.5) is 0 Å². The third kappa shape index (κ3) is 6.50. The van der Waals surface area contributed by atoms with Crippen LogP contribution < -0.4 is 5.43 Å². The summed E-state index contributed by atoms with van der Waals surface area (Å²) in [7, 11) is 1.58. The van der Waals surface area contributed by atoms with Gasteiger partial charge in [-0.1, -0.05) is 90.6 Å². The van der Waals surface area contributed by atoms with Gasteiger partial charge in [-0.05, 0) is 47.9 Å². The van der Waals surface area contributed by atoms with E-state index >= 15 is 0 Å². The number of aromatic nitrogens is 2. The second-order valence-electron chi connectivity index (χ2n) is 9.47. The van der Waals surface area contributed by atoms with Gasteiger partial charge >= 0.3 is 0 Å². The van der Waals surface area contributed by atoms with Crippen LogP contribution in [0.3, 0.4) is 0 Å². The Labute approximate surface area is 249 Å². The van der Waals surface area contributed by atoms with Crippen molar-refractivity contribution >= 4 is 23.9 Å². The average Bonchev–Trinajstić information content (AvgIpc) is 3.41. The molecule has 1 N–H and O–H groups in total. The zero-order chi connectivity index (χ0) is 29.3. The third-order valence-corrected chi connectivity index (χ3v) is 7.48. The number of hydrogen-bond acceptors (Lipinski definition) is 6. The number of methoxy groups -OCH3 is 1. The fourth-order valence-electron chi connectivity index (χ4n) is 4.73. The second-order valence-corrected chi connectivity index (χ2v) is 10.4. The van der Waals surface area contributed by atoms with Crippen LogP contribution >= 0.6 is 11.8 Å². The lowest BCUT2D eigenvalue weighted by Gasteiger charge is -2.15. The second kappa shape index (κ2) is 13.6. The Balaban J connectivity index is 1.44. The molecule has 5 aromatic rings. The summed E-state index contributed by atoms with van der Waals surface area (Å²) in [6.45, 7) is 2.15. The van der Waals surface area contributed by atoms with Crippen LogP contribution in [-0.4, -0.2) is 34.5 Å². The maximum absolute atomic E-state index is 12.8. The summed E-state index contributed by atoms with van der Waals surface area (Å²) in [6, 6.07) is 36.6. The van der Waals surface area contributed by atoms with Crippen molar-refractivity contribution in [3.63, 3.8) is 0 Å². The van der Waals surface area contributed by atoms with E-state index in [4.69, 9.17) is 4.74 Å². The first-order valence-electron chi connectivity index (χ1n) is 13.3. The van der Waals surface area contributed by atoms with Gasteiger partial charge in [-0.25, -0.2) is 10.4 Å². The first-order chi connectivity index (χ1) is 20.6. The molecule has 0 radical (unpaired) electrons. The molecule has 0 bridgehead atoms. The third-order valence-electron chi connectivity index (χ3n) is 6.50. The molecule has 0 aliphatic carbocycles. The molecule has 3 aromatic carbocycles. The van der Waals surface area contributed by atoms with Gasteiger partial charge in [0.2, 0.25) is 5.91 Å². The van der Waals surface area contributed by atoms with Crippen LogP contribution in [-0.2, 0) is 16.1 Å². The fourth-order valence-corrected chi connectivity index (χ4v) is 5.59. The number of aryl methyl sites for hydroxylation is 1. The Bertz CT molecular complexity index is 1740. The zero-order valence-corrected chi connectivity index (χ0v) is 24.1. The van der Waals surface area contributed by atoms with E-state index in [2.05, 4.69) is 68.6 Å². The number of carbonyl (C=O) groups excluding carboxylic acids is 1. The van der Waals surface area contributed by atoms with Crippen molar-refractivity contribution in [2.75, 3.05) is 12.9 Å². The molecule has 2 heterocycles. The van der Waals surface area contributed by atoms with Crippen molar-refractivity contribution in [3.05, 3.63) is 126 Å². The van der Waals surface area contributed by atoms with Crippen molar-refractivity contribution in [1.82, 2.24) is 15.0 Å². The number of nitrogens with zero attached hydrogens (tertiary/aromatic N) is 4. The number of hydrazone groups is 1. The molecule has 5 rings (SSSR count). The Morgan fingerprint density at radius 1 is 1.00 bits per heavy atom. The molecule has 2 aromatic heterocycles. The number of rotatable bonds is 10. The van der Waals surface area contributed by atoms with Gasteiger partial charge in [0.05, 0.1) is 35.5 Å². The van der Waals surface area contributed by atoms with E-state index in [-0.39, 0.29) is 11.7 Å². The number of benzene rings is 3. The molecular formula is C34H29N5O2S. The molecule has 0 saturated heterocycles. The van der Waals surface area contributed by atoms with Crippen molar-refractivity contribution < 1.29 is 9.53 Å². The monoisotopic (exact) mass is 571 g/mol. The summed E-state index contributed by atoms with van der Waals surface area (Å²) < 4.78 is 7.44. The highest BCUT2D eigenvalue weighted by Gasteiger charge is 2.19. The quantitative estimate of drug-likeness (QED) is 0.113. The van der Waals surface area contributed by atoms with Gasteiger partial charge in [0.15, 0.2) is 0 Å². The molecule has 42 heavy (non-hydrogen) atoms. The number of nitrogens with one attached hydrogen (secondary N) is 1. The molecule has 0 atom stereocenters. The molecule has 0 aliphatic heterocycles. The lowest BCUT2D eigenvalue weighted by atomic mass is 10.1. The Morgan fingerprint density at radius 3 is 2.29 bits per heavy atom. The SMILES string of the molecule is COCc1cc(C)nc(SCC(=O)N/N=C/c2cc(-c3ccccc3)n(-c3ccccc3)c2-c2ccccc2)c1C#N. The molecule has 8 heteroatoms. The number of amides is 1. The lowest BCUT2D eigenvalue weighted by molar-refractivity contribution is -0.118. The summed E-state index contributed by atoms with van der Waals surface area (Å²) in [5, 5.41) is 14.5. The molecule has 0 aliphatic rings. The summed E-state index contributed by atoms with van der Waals surface area (Å²) in [6.07, 6.45) is 1.68. The van der Waals surface area contributed by atoms with Crippen molar-refractivity contribution in [1.29, 1.82) is 5.26 Å². The first-order valence-corrected chi connectivity index (χ1v) is 14.3. The van der Waals surface area contributed by atoms with Crippen LogP contribution in [0.15, 0.2) is 113 Å². The maximum Gasteiger partial charge on any atom is 0.250 e. The highest BCUT2D eigenvalue weighted by molar-refractivity contribution is 8.00. The first kappa shape index (κ1) is 28.6. The van der Waals surface area contributed by atoms with Crippen molar-refractivity contribution in [3.8, 4) is 34.3 Å². The van der Waals surface area contributed by atoms with Crippen LogP contribution in [0.25, 0.3) is 28.2 Å². The molecular weight excluding hydrogens is 542 g/mol. The number of hydrogen-bond donors (Lipinski definition) is 1. The predicted molar refractivity (Wildman–Crippen MR) is 168 cm³/mol. The van der Waals surface area contributed by atoms with E-state index in [1.807, 2.05) is 67.6 Å². The highest BCUT2D eigenvalue weighted by Crippen LogP contribution is 2.35. The minimum Gasteiger partial charge on any atom is -0.380 e. The molecule has 208 valence electrons. The number of thioether (sulfide) groups is 1. The fraction of sp³-hybridized carbons (Fsp3) is 0.118. The van der Waals surface area contributed by atoms with Gasteiger partial charge in [0, 0.05) is 24.1 Å². The molecule has 7 nitrogen and oxygen atoms in total. The average molecular weight is 572 g/mol. The van der Waals surface area contributed by atoms with E-state index in [1.54, 1.807) is 13.3 Å². The maximum atomic E-state index is 12.8. The minimum atomic E-state index is -0.302. The van der Waals surface area contributed by atoms with Crippen LogP contribution in [0.2, 0.25) is 0 Å². The largest absolute Gasteiger partial charge is 0.380 e. The Hall–Kier alpha value is -4.97. The van der Waals surface area contributed by atoms with Crippen LogP contribution in [0, 0.1) is 18.3 Å². The van der Waals surface area contributed by atoms with E-state index in [1.165, 1.54) is 11.8 Å². The zero-order valence-electron chi connectivity index (χ0n) is 23.3. The lowest BCUT2D eigenvalue weighted by Crippen LogP contribution is -2.20. The normalized spacial score (nSPS) is 11.0. The summed E-state index contributed by atoms with van der Waals surface area (Å²) in [4.78, 5) is 17.3. The number of carbonyl (C=O) groups is 1. The minimum absolute atomic E-state index is 0.0563. The van der Waals surface area contributed by atoms with Gasteiger partial charge in [-0.3, -0.25) is 4.79 Å². The molecule has 1 amide bonds. The highest BCUT2D eigenvalue weighted by atomic mass is 32.2. The molecule has 0 saturated carbocycles. The van der Waals surface area contributed by atoms with E-state index in [0.29, 0.717) is 17.2 Å². The van der Waals surface area contributed by atoms with E-state index in [0.717, 1.165) is 45.0 Å². The van der Waals surface area contributed by atoms with E-state index < -0.39 is 0 Å². The van der Waals surface area contributed by atoms with Crippen LogP contribution in [0.5, 0.6) is 0 Å². The summed E-state index contributed by atoms with van der Waals surface area (Å²) in [5.74, 6) is -0.246. The van der Waals surface area contributed by atoms with Gasteiger partial charge < -0.3 is 9.30 Å². The smallest absolute Gasteiger partial charge is 0.250 e. The Kier molecular flexibility index (Phi) is 9.24. The summed E-state index contributed by atoms with van der Waals surface area (Å²) in [5.41, 5.74) is 10.5. The summed E-state index contributed by atoms with van der Waals surface area (Å²) >= 11 is 1.20. The van der Waals surface area contributed by atoms with Crippen molar-refractivity contribution in [2.45, 2.75) is 18.6 Å². The molecule has 0 unspecified atom stereocenters. The standard InChI is InChI=1S/C34H29N5O2S/c1-24-18-28(22-41-2)30(20-35)34(37-24)42-23-32(40)38-36-21-27-19-31(25-12-6-3-7-13-25)39(29-16-10-5-11-17-29)33(27)26-14-8-4-9-15-26/h3-19,21H,22-23H2,1-2H3,(H,38,40)/b36-21+. The number of para-hydroxylation sites is 1. The van der Waals surface area contributed by atoms with Crippen LogP contribution in [0.1, 0.15) is 22.4 Å². The Morgan fingerprint density at radius 2 is 1.64 bits per heavy atom. The van der Waals surface area contributed by atoms with E-state index in [9.17, 15) is 10.1 Å². The molecule has 0 spiro atoms. The molecule has 0 fully saturated rings. The topological polar surface area (TPSA) is 92.3 Å². The van der Waals surface area contributed by atoms with Gasteiger partial charge in [-0.2, -0.15) is 10.4 Å². The van der Waals surface area contributed by atoms with Gasteiger partial charge in [-0.15, -0.1) is 0 Å². The number of ether oxygens (including phenoxy) is 1. The van der Waals surface area contributed by atoms with Gasteiger partial charge in [0.1, 0.15) is 11.1 Å². The number of nitriles is 1. The number of pyridine rings is 1. The predicted octanol–water partition coefficient (Wildman–Crippen LogP) is 6.78.